The van der Waals surface area contributed by atoms with Crippen LogP contribution in [0.3, 0.4) is 0 Å². The topological polar surface area (TPSA) is 89.1 Å². The largest absolute Gasteiger partial charge is 0.493 e. The molecule has 0 aromatic heterocycles. The third kappa shape index (κ3) is 6.67. The Kier molecular flexibility index (Phi) is 8.83. The Hall–Kier alpha value is -1.95. The Morgan fingerprint density at radius 2 is 1.86 bits per heavy atom. The van der Waals surface area contributed by atoms with E-state index < -0.39 is 0 Å². The van der Waals surface area contributed by atoms with Crippen molar-refractivity contribution in [3.63, 3.8) is 0 Å². The standard InChI is InChI=1S/C16H27N3O3/c1-21-14-8-7-13(11-15(14)22-2)12-19-16(17)18-9-5-3-4-6-10-20/h7-8,11,20H,3-6,9-10,12H2,1-2H3,(H3,17,18,19). The summed E-state index contributed by atoms with van der Waals surface area (Å²) in [4.78, 5) is 4.31. The number of methoxy groups -OCH3 is 2. The van der Waals surface area contributed by atoms with Crippen LogP contribution >= 0.6 is 0 Å². The van der Waals surface area contributed by atoms with Gasteiger partial charge < -0.3 is 25.6 Å². The van der Waals surface area contributed by atoms with Gasteiger partial charge in [-0.2, -0.15) is 0 Å². The van der Waals surface area contributed by atoms with Gasteiger partial charge in [-0.25, -0.2) is 4.99 Å². The van der Waals surface area contributed by atoms with Crippen LogP contribution in [0, 0.1) is 0 Å². The number of aliphatic imine (C=N–C) groups is 1. The van der Waals surface area contributed by atoms with Gasteiger partial charge in [0.25, 0.3) is 0 Å². The summed E-state index contributed by atoms with van der Waals surface area (Å²) in [7, 11) is 3.22. The molecule has 6 nitrogen and oxygen atoms in total. The van der Waals surface area contributed by atoms with Crippen LogP contribution in [0.5, 0.6) is 11.5 Å². The minimum absolute atomic E-state index is 0.266. The molecule has 0 aliphatic heterocycles. The second-order valence-electron chi connectivity index (χ2n) is 4.96. The molecule has 22 heavy (non-hydrogen) atoms. The van der Waals surface area contributed by atoms with E-state index in [-0.39, 0.29) is 6.61 Å². The van der Waals surface area contributed by atoms with Crippen molar-refractivity contribution >= 4 is 5.96 Å². The molecule has 0 unspecified atom stereocenters. The van der Waals surface area contributed by atoms with Gasteiger partial charge in [0.05, 0.1) is 20.8 Å². The van der Waals surface area contributed by atoms with Gasteiger partial charge in [0.1, 0.15) is 0 Å². The number of ether oxygens (including phenoxy) is 2. The summed E-state index contributed by atoms with van der Waals surface area (Å²) in [6, 6.07) is 5.69. The Morgan fingerprint density at radius 1 is 1.14 bits per heavy atom. The van der Waals surface area contributed by atoms with Gasteiger partial charge in [0.2, 0.25) is 0 Å². The van der Waals surface area contributed by atoms with E-state index in [1.165, 1.54) is 0 Å². The number of hydrogen-bond acceptors (Lipinski definition) is 4. The maximum Gasteiger partial charge on any atom is 0.188 e. The Bertz CT molecular complexity index is 464. The van der Waals surface area contributed by atoms with Crippen LogP contribution in [0.15, 0.2) is 23.2 Å². The van der Waals surface area contributed by atoms with Crippen molar-refractivity contribution in [1.29, 1.82) is 0 Å². The van der Waals surface area contributed by atoms with Gasteiger partial charge >= 0.3 is 0 Å². The summed E-state index contributed by atoms with van der Waals surface area (Å²) < 4.78 is 10.5. The van der Waals surface area contributed by atoms with E-state index >= 15 is 0 Å². The van der Waals surface area contributed by atoms with Gasteiger partial charge in [0, 0.05) is 13.2 Å². The number of rotatable bonds is 10. The Labute approximate surface area is 132 Å². The average Bonchev–Trinajstić information content (AvgIpc) is 2.55. The lowest BCUT2D eigenvalue weighted by atomic mass is 10.2. The molecule has 124 valence electrons. The minimum Gasteiger partial charge on any atom is -0.493 e. The molecule has 0 radical (unpaired) electrons. The molecule has 0 heterocycles. The summed E-state index contributed by atoms with van der Waals surface area (Å²) in [5.74, 6) is 1.83. The van der Waals surface area contributed by atoms with Crippen molar-refractivity contribution in [3.8, 4) is 11.5 Å². The molecule has 0 saturated heterocycles. The van der Waals surface area contributed by atoms with Gasteiger partial charge in [-0.1, -0.05) is 18.9 Å². The van der Waals surface area contributed by atoms with Crippen molar-refractivity contribution in [2.45, 2.75) is 32.2 Å². The second kappa shape index (κ2) is 10.7. The summed E-state index contributed by atoms with van der Waals surface area (Å²) in [5, 5.41) is 11.8. The highest BCUT2D eigenvalue weighted by Crippen LogP contribution is 2.27. The smallest absolute Gasteiger partial charge is 0.188 e. The lowest BCUT2D eigenvalue weighted by Crippen LogP contribution is -2.32. The molecule has 0 amide bonds. The molecule has 6 heteroatoms. The zero-order chi connectivity index (χ0) is 16.2. The monoisotopic (exact) mass is 309 g/mol. The van der Waals surface area contributed by atoms with Gasteiger partial charge in [0.15, 0.2) is 17.5 Å². The van der Waals surface area contributed by atoms with E-state index in [1.54, 1.807) is 14.2 Å². The third-order valence-corrected chi connectivity index (χ3v) is 3.27. The van der Waals surface area contributed by atoms with E-state index in [9.17, 15) is 0 Å². The predicted molar refractivity (Wildman–Crippen MR) is 88.4 cm³/mol. The Morgan fingerprint density at radius 3 is 2.55 bits per heavy atom. The molecular formula is C16H27N3O3. The normalized spacial score (nSPS) is 11.3. The number of benzene rings is 1. The van der Waals surface area contributed by atoms with Gasteiger partial charge in [-0.3, -0.25) is 0 Å². The number of nitrogens with zero attached hydrogens (tertiary/aromatic N) is 1. The SMILES string of the molecule is COc1ccc(CN=C(N)NCCCCCCO)cc1OC. The van der Waals surface area contributed by atoms with Crippen LogP contribution in [0.4, 0.5) is 0 Å². The first-order valence-corrected chi connectivity index (χ1v) is 7.56. The van der Waals surface area contributed by atoms with Gasteiger partial charge in [-0.05, 0) is 30.5 Å². The lowest BCUT2D eigenvalue weighted by molar-refractivity contribution is 0.282. The van der Waals surface area contributed by atoms with Crippen LogP contribution < -0.4 is 20.5 Å². The van der Waals surface area contributed by atoms with Crippen molar-refractivity contribution in [3.05, 3.63) is 23.8 Å². The molecule has 0 atom stereocenters. The maximum atomic E-state index is 8.69. The number of nitrogens with two attached hydrogens (primary N) is 1. The quantitative estimate of drug-likeness (QED) is 0.347. The Balaban J connectivity index is 2.37. The number of hydrogen-bond donors (Lipinski definition) is 3. The zero-order valence-electron chi connectivity index (χ0n) is 13.5. The number of unbranched alkanes of at least 4 members (excludes halogenated alkanes) is 3. The molecular weight excluding hydrogens is 282 g/mol. The molecule has 0 aliphatic carbocycles. The maximum absolute atomic E-state index is 8.69. The molecule has 0 spiro atoms. The summed E-state index contributed by atoms with van der Waals surface area (Å²) in [5.41, 5.74) is 6.84. The van der Waals surface area contributed by atoms with E-state index in [0.29, 0.717) is 24.0 Å². The number of aliphatic hydroxyl groups is 1. The van der Waals surface area contributed by atoms with Crippen LogP contribution in [0.2, 0.25) is 0 Å². The van der Waals surface area contributed by atoms with Crippen molar-refractivity contribution < 1.29 is 14.6 Å². The molecule has 0 fully saturated rings. The van der Waals surface area contributed by atoms with E-state index in [2.05, 4.69) is 10.3 Å². The fraction of sp³-hybridized carbons (Fsp3) is 0.562. The number of nitrogens with one attached hydrogen (secondary N) is 1. The molecule has 1 aromatic carbocycles. The minimum atomic E-state index is 0.266. The number of guanidine groups is 1. The van der Waals surface area contributed by atoms with E-state index in [4.69, 9.17) is 20.3 Å². The van der Waals surface area contributed by atoms with Crippen molar-refractivity contribution in [2.24, 2.45) is 10.7 Å². The fourth-order valence-electron chi connectivity index (χ4n) is 2.02. The molecule has 1 rings (SSSR count). The molecule has 0 aliphatic rings. The summed E-state index contributed by atoms with van der Waals surface area (Å²) in [6.07, 6.45) is 4.01. The van der Waals surface area contributed by atoms with Crippen LogP contribution in [-0.4, -0.2) is 38.4 Å². The zero-order valence-corrected chi connectivity index (χ0v) is 13.5. The highest BCUT2D eigenvalue weighted by atomic mass is 16.5. The van der Waals surface area contributed by atoms with Crippen LogP contribution in [0.1, 0.15) is 31.2 Å². The fourth-order valence-corrected chi connectivity index (χ4v) is 2.02. The molecule has 0 bridgehead atoms. The van der Waals surface area contributed by atoms with Crippen molar-refractivity contribution in [1.82, 2.24) is 5.32 Å². The van der Waals surface area contributed by atoms with Crippen molar-refractivity contribution in [2.75, 3.05) is 27.4 Å². The average molecular weight is 309 g/mol. The predicted octanol–water partition coefficient (Wildman–Crippen LogP) is 1.66. The van der Waals surface area contributed by atoms with Crippen LogP contribution in [-0.2, 0) is 6.54 Å². The number of aliphatic hydroxyl groups excluding tert-OH is 1. The van der Waals surface area contributed by atoms with Gasteiger partial charge in [-0.15, -0.1) is 0 Å². The first kappa shape index (κ1) is 18.1. The first-order valence-electron chi connectivity index (χ1n) is 7.56. The summed E-state index contributed by atoms with van der Waals surface area (Å²) >= 11 is 0. The first-order chi connectivity index (χ1) is 10.7. The van der Waals surface area contributed by atoms with E-state index in [1.807, 2.05) is 18.2 Å². The van der Waals surface area contributed by atoms with Crippen LogP contribution in [0.25, 0.3) is 0 Å². The van der Waals surface area contributed by atoms with E-state index in [0.717, 1.165) is 37.8 Å². The second-order valence-corrected chi connectivity index (χ2v) is 4.96. The molecule has 1 aromatic rings. The third-order valence-electron chi connectivity index (χ3n) is 3.27. The lowest BCUT2D eigenvalue weighted by Gasteiger charge is -2.09. The highest BCUT2D eigenvalue weighted by Gasteiger charge is 2.04. The highest BCUT2D eigenvalue weighted by molar-refractivity contribution is 5.77. The summed E-state index contributed by atoms with van der Waals surface area (Å²) in [6.45, 7) is 1.55. The molecule has 4 N–H and O–H groups in total. The molecule has 0 saturated carbocycles.